The molecule has 0 radical (unpaired) electrons. The van der Waals surface area contributed by atoms with E-state index in [0.29, 0.717) is 0 Å². The molecule has 19 heavy (non-hydrogen) atoms. The zero-order valence-electron chi connectivity index (χ0n) is 10.6. The Kier molecular flexibility index (Phi) is 3.49. The second-order valence-corrected chi connectivity index (χ2v) is 5.61. The van der Waals surface area contributed by atoms with Gasteiger partial charge >= 0.3 is 0 Å². The van der Waals surface area contributed by atoms with Crippen molar-refractivity contribution in [1.82, 2.24) is 5.32 Å². The molecule has 2 nitrogen and oxygen atoms in total. The first kappa shape index (κ1) is 12.2. The number of hydrogen-bond donors (Lipinski definition) is 2. The normalized spacial score (nSPS) is 10.9. The largest absolute Gasteiger partial charge is 0.398 e. The van der Waals surface area contributed by atoms with Crippen molar-refractivity contribution in [3.8, 4) is 0 Å². The molecular weight excluding hydrogens is 252 g/mol. The van der Waals surface area contributed by atoms with Crippen molar-refractivity contribution < 1.29 is 0 Å². The van der Waals surface area contributed by atoms with Gasteiger partial charge in [0.25, 0.3) is 0 Å². The predicted molar refractivity (Wildman–Crippen MR) is 83.2 cm³/mol. The number of nitrogen functional groups attached to an aromatic ring is 1. The van der Waals surface area contributed by atoms with Crippen molar-refractivity contribution in [2.45, 2.75) is 13.1 Å². The number of nitrogens with two attached hydrogens (primary N) is 1. The van der Waals surface area contributed by atoms with E-state index in [1.807, 2.05) is 6.07 Å². The first-order valence-electron chi connectivity index (χ1n) is 6.33. The summed E-state index contributed by atoms with van der Waals surface area (Å²) in [7, 11) is 0. The standard InChI is InChI=1S/C16H16N2S/c17-16-9-13-5-2-1-4-12(13)8-14(16)10-18-11-15-6-3-7-19-15/h1-9,18H,10-11,17H2. The number of thiophene rings is 1. The van der Waals surface area contributed by atoms with Gasteiger partial charge < -0.3 is 11.1 Å². The van der Waals surface area contributed by atoms with E-state index < -0.39 is 0 Å². The minimum atomic E-state index is 0.800. The first-order valence-corrected chi connectivity index (χ1v) is 7.21. The lowest BCUT2D eigenvalue weighted by Crippen LogP contribution is -2.13. The van der Waals surface area contributed by atoms with Crippen LogP contribution in [0.2, 0.25) is 0 Å². The molecule has 0 spiro atoms. The Morgan fingerprint density at radius 3 is 2.47 bits per heavy atom. The zero-order chi connectivity index (χ0) is 13.1. The van der Waals surface area contributed by atoms with Crippen LogP contribution in [-0.2, 0) is 13.1 Å². The molecule has 1 heterocycles. The molecule has 0 bridgehead atoms. The quantitative estimate of drug-likeness (QED) is 0.707. The van der Waals surface area contributed by atoms with Crippen LogP contribution in [0.15, 0.2) is 53.9 Å². The predicted octanol–water partition coefficient (Wildman–Crippen LogP) is 3.77. The molecule has 0 aliphatic rings. The van der Waals surface area contributed by atoms with Crippen LogP contribution in [0, 0.1) is 0 Å². The third-order valence-electron chi connectivity index (χ3n) is 3.20. The highest BCUT2D eigenvalue weighted by molar-refractivity contribution is 7.09. The van der Waals surface area contributed by atoms with E-state index in [4.69, 9.17) is 5.73 Å². The maximum absolute atomic E-state index is 6.11. The average molecular weight is 268 g/mol. The summed E-state index contributed by atoms with van der Waals surface area (Å²) in [4.78, 5) is 1.35. The molecule has 0 amide bonds. The molecule has 0 saturated carbocycles. The van der Waals surface area contributed by atoms with Crippen LogP contribution in [0.3, 0.4) is 0 Å². The monoisotopic (exact) mass is 268 g/mol. The van der Waals surface area contributed by atoms with Gasteiger partial charge in [-0.3, -0.25) is 0 Å². The van der Waals surface area contributed by atoms with Crippen LogP contribution >= 0.6 is 11.3 Å². The maximum Gasteiger partial charge on any atom is 0.0366 e. The first-order chi connectivity index (χ1) is 9.33. The van der Waals surface area contributed by atoms with Crippen molar-refractivity contribution >= 4 is 27.8 Å². The third kappa shape index (κ3) is 2.78. The summed E-state index contributed by atoms with van der Waals surface area (Å²) in [6.45, 7) is 1.69. The Labute approximate surface area is 116 Å². The molecule has 3 heteroatoms. The molecule has 0 aliphatic carbocycles. The van der Waals surface area contributed by atoms with Crippen LogP contribution in [0.25, 0.3) is 10.8 Å². The molecule has 3 rings (SSSR count). The number of nitrogens with one attached hydrogen (secondary N) is 1. The summed E-state index contributed by atoms with van der Waals surface area (Å²) in [5, 5.41) is 7.98. The zero-order valence-corrected chi connectivity index (χ0v) is 11.4. The Hall–Kier alpha value is -1.84. The maximum atomic E-state index is 6.11. The molecule has 0 unspecified atom stereocenters. The number of benzene rings is 2. The van der Waals surface area contributed by atoms with E-state index in [2.05, 4.69) is 53.2 Å². The van der Waals surface area contributed by atoms with E-state index in [9.17, 15) is 0 Å². The minimum absolute atomic E-state index is 0.800. The van der Waals surface area contributed by atoms with Crippen LogP contribution in [0.4, 0.5) is 5.69 Å². The van der Waals surface area contributed by atoms with Gasteiger partial charge in [0.15, 0.2) is 0 Å². The molecule has 3 aromatic rings. The summed E-state index contributed by atoms with van der Waals surface area (Å²) in [5.74, 6) is 0. The number of rotatable bonds is 4. The molecule has 0 fully saturated rings. The number of anilines is 1. The Morgan fingerprint density at radius 2 is 1.74 bits per heavy atom. The van der Waals surface area contributed by atoms with Gasteiger partial charge in [-0.05, 0) is 39.9 Å². The molecule has 2 aromatic carbocycles. The fourth-order valence-electron chi connectivity index (χ4n) is 2.19. The highest BCUT2D eigenvalue weighted by Crippen LogP contribution is 2.21. The summed E-state index contributed by atoms with van der Waals surface area (Å²) in [6.07, 6.45) is 0. The van der Waals surface area contributed by atoms with Crippen LogP contribution in [-0.4, -0.2) is 0 Å². The van der Waals surface area contributed by atoms with Crippen molar-refractivity contribution in [2.75, 3.05) is 5.73 Å². The fraction of sp³-hybridized carbons (Fsp3) is 0.125. The van der Waals surface area contributed by atoms with Crippen molar-refractivity contribution in [1.29, 1.82) is 0 Å². The average Bonchev–Trinajstić information content (AvgIpc) is 2.92. The van der Waals surface area contributed by atoms with Gasteiger partial charge in [0.2, 0.25) is 0 Å². The lowest BCUT2D eigenvalue weighted by atomic mass is 10.1. The summed E-state index contributed by atoms with van der Waals surface area (Å²) in [6, 6.07) is 16.8. The molecule has 1 aromatic heterocycles. The lowest BCUT2D eigenvalue weighted by molar-refractivity contribution is 0.703. The highest BCUT2D eigenvalue weighted by atomic mass is 32.1. The van der Waals surface area contributed by atoms with E-state index in [1.54, 1.807) is 11.3 Å². The van der Waals surface area contributed by atoms with Crippen LogP contribution in [0.1, 0.15) is 10.4 Å². The van der Waals surface area contributed by atoms with Gasteiger partial charge in [-0.15, -0.1) is 11.3 Å². The third-order valence-corrected chi connectivity index (χ3v) is 4.08. The van der Waals surface area contributed by atoms with Crippen LogP contribution in [0.5, 0.6) is 0 Å². The summed E-state index contributed by atoms with van der Waals surface area (Å²) < 4.78 is 0. The Bertz CT molecular complexity index is 674. The van der Waals surface area contributed by atoms with Crippen molar-refractivity contribution in [3.63, 3.8) is 0 Å². The highest BCUT2D eigenvalue weighted by Gasteiger charge is 2.02. The number of fused-ring (bicyclic) bond motifs is 1. The molecule has 0 aliphatic heterocycles. The SMILES string of the molecule is Nc1cc2ccccc2cc1CNCc1cccs1. The van der Waals surface area contributed by atoms with E-state index >= 15 is 0 Å². The van der Waals surface area contributed by atoms with Gasteiger partial charge in [-0.1, -0.05) is 30.3 Å². The van der Waals surface area contributed by atoms with Crippen molar-refractivity contribution in [3.05, 3.63) is 64.4 Å². The van der Waals surface area contributed by atoms with Crippen molar-refractivity contribution in [2.24, 2.45) is 0 Å². The molecule has 3 N–H and O–H groups in total. The van der Waals surface area contributed by atoms with Gasteiger partial charge in [-0.2, -0.15) is 0 Å². The minimum Gasteiger partial charge on any atom is -0.398 e. The topological polar surface area (TPSA) is 38.0 Å². The molecule has 0 saturated heterocycles. The molecule has 0 atom stereocenters. The molecule has 96 valence electrons. The Morgan fingerprint density at radius 1 is 0.947 bits per heavy atom. The lowest BCUT2D eigenvalue weighted by Gasteiger charge is -2.09. The fourth-order valence-corrected chi connectivity index (χ4v) is 2.87. The number of hydrogen-bond acceptors (Lipinski definition) is 3. The van der Waals surface area contributed by atoms with Gasteiger partial charge in [-0.25, -0.2) is 0 Å². The van der Waals surface area contributed by atoms with E-state index in [1.165, 1.54) is 15.6 Å². The van der Waals surface area contributed by atoms with Gasteiger partial charge in [0.1, 0.15) is 0 Å². The van der Waals surface area contributed by atoms with E-state index in [0.717, 1.165) is 24.3 Å². The van der Waals surface area contributed by atoms with Crippen LogP contribution < -0.4 is 11.1 Å². The molecular formula is C16H16N2S. The smallest absolute Gasteiger partial charge is 0.0366 e. The van der Waals surface area contributed by atoms with Gasteiger partial charge in [0, 0.05) is 23.7 Å². The van der Waals surface area contributed by atoms with Gasteiger partial charge in [0.05, 0.1) is 0 Å². The summed E-state index contributed by atoms with van der Waals surface area (Å²) >= 11 is 1.77. The van der Waals surface area contributed by atoms with E-state index in [-0.39, 0.29) is 0 Å². The second kappa shape index (κ2) is 5.43. The Balaban J connectivity index is 1.75. The second-order valence-electron chi connectivity index (χ2n) is 4.58. The summed E-state index contributed by atoms with van der Waals surface area (Å²) in [5.41, 5.74) is 8.13.